The highest BCUT2D eigenvalue weighted by molar-refractivity contribution is 6.20. The number of ether oxygens (including phenoxy) is 1. The first kappa shape index (κ1) is 12.4. The molecule has 36 heavy (non-hydrogen) atoms. The first-order valence-electron chi connectivity index (χ1n) is 18.8. The summed E-state index contributed by atoms with van der Waals surface area (Å²) in [5.74, 6) is -0.431. The summed E-state index contributed by atoms with van der Waals surface area (Å²) in [6, 6.07) is 6.02. The Kier molecular flexibility index (Phi) is 3.02. The number of ketones is 1. The van der Waals surface area contributed by atoms with Crippen molar-refractivity contribution in [1.82, 2.24) is 9.88 Å². The third-order valence-electron chi connectivity index (χ3n) is 6.97. The van der Waals surface area contributed by atoms with Crippen molar-refractivity contribution >= 4 is 22.4 Å². The molecular formula is C30H34N4O2. The summed E-state index contributed by atoms with van der Waals surface area (Å²) in [7, 11) is 0. The Labute approximate surface area is 232 Å². The number of piperidine rings is 1. The molecule has 2 fully saturated rings. The molecular weight excluding hydrogens is 448 g/mol. The quantitative estimate of drug-likeness (QED) is 0.565. The van der Waals surface area contributed by atoms with Crippen molar-refractivity contribution in [3.63, 3.8) is 0 Å². The maximum Gasteiger partial charge on any atom is 0.195 e. The Morgan fingerprint density at radius 1 is 1.25 bits per heavy atom. The maximum absolute atomic E-state index is 14.2. The molecule has 0 bridgehead atoms. The van der Waals surface area contributed by atoms with Crippen LogP contribution in [0.2, 0.25) is 0 Å². The number of nitrogens with zero attached hydrogens (tertiary/aromatic N) is 3. The number of benzene rings is 2. The molecule has 3 aromatic rings. The molecule has 3 heterocycles. The Bertz CT molecular complexity index is 1940. The van der Waals surface area contributed by atoms with Gasteiger partial charge in [-0.1, -0.05) is 26.8 Å². The van der Waals surface area contributed by atoms with Gasteiger partial charge in [0.2, 0.25) is 0 Å². The molecule has 3 aliphatic rings. The van der Waals surface area contributed by atoms with Crippen molar-refractivity contribution in [1.29, 1.82) is 5.26 Å². The van der Waals surface area contributed by atoms with E-state index in [2.05, 4.69) is 11.1 Å². The van der Waals surface area contributed by atoms with Gasteiger partial charge in [0.15, 0.2) is 5.78 Å². The number of nitrogens with one attached hydrogen (secondary N) is 1. The molecule has 0 unspecified atom stereocenters. The smallest absolute Gasteiger partial charge is 0.195 e. The predicted octanol–water partition coefficient (Wildman–Crippen LogP) is 4.77. The van der Waals surface area contributed by atoms with E-state index in [1.807, 2.05) is 0 Å². The van der Waals surface area contributed by atoms with Gasteiger partial charge in [0.1, 0.15) is 0 Å². The molecule has 2 aliphatic heterocycles. The molecule has 1 N–H and O–H groups in total. The van der Waals surface area contributed by atoms with Gasteiger partial charge >= 0.3 is 0 Å². The van der Waals surface area contributed by atoms with E-state index in [-0.39, 0.29) is 40.6 Å². The molecule has 0 radical (unpaired) electrons. The number of nitriles is 1. The van der Waals surface area contributed by atoms with Gasteiger partial charge in [-0.05, 0) is 54.6 Å². The monoisotopic (exact) mass is 496 g/mol. The van der Waals surface area contributed by atoms with Crippen molar-refractivity contribution in [3.05, 3.63) is 63.8 Å². The van der Waals surface area contributed by atoms with Crippen LogP contribution in [0.15, 0.2) is 30.3 Å². The number of rotatable bonds is 3. The molecule has 0 atom stereocenters. The summed E-state index contributed by atoms with van der Waals surface area (Å²) in [6.07, 6.45) is -7.56. The summed E-state index contributed by atoms with van der Waals surface area (Å²) < 4.78 is 127. The molecule has 1 aromatic heterocycles. The van der Waals surface area contributed by atoms with Gasteiger partial charge in [0.05, 0.1) is 35.8 Å². The molecule has 186 valence electrons. The number of carbonyl (C=O) groups excluding carboxylic acids is 1. The molecule has 6 nitrogen and oxygen atoms in total. The van der Waals surface area contributed by atoms with Crippen LogP contribution in [0.1, 0.15) is 91.0 Å². The zero-order valence-electron chi connectivity index (χ0n) is 33.9. The van der Waals surface area contributed by atoms with E-state index >= 15 is 0 Å². The van der Waals surface area contributed by atoms with Gasteiger partial charge in [-0.25, -0.2) is 0 Å². The van der Waals surface area contributed by atoms with Gasteiger partial charge in [-0.3, -0.25) is 9.69 Å². The standard InChI is InChI=1S/C30H34N4O2/c1-4-20-16-23-24(17-26(20)34-9-7-21(8-10-34)33-11-13-36-14-12-33)30(2,3)29-27(28(23)35)22-6-5-19(18-31)15-25(22)32-29/h5-6,15-17,21,32H,4,7-14H2,1-3H3/i1D,7D2,8D2,9D2,10D2,13D2,14D2,21D. The summed E-state index contributed by atoms with van der Waals surface area (Å²) >= 11 is 0. The second-order valence-electron chi connectivity index (χ2n) is 9.38. The SMILES string of the molecule is [2H]CCc1cc2c(cc1N1C([2H])([2H])C([2H])([2H])C([2H])(N3CC([2H])([2H])OC([2H])([2H])C3)C([2H])([2H])C1([2H])[2H])C(C)(C)c1[nH]c3cc(C#N)ccc3c1C2=O. The lowest BCUT2D eigenvalue weighted by molar-refractivity contribution is 0.0115. The highest BCUT2D eigenvalue weighted by Crippen LogP contribution is 2.46. The Morgan fingerprint density at radius 3 is 2.75 bits per heavy atom. The fourth-order valence-electron chi connectivity index (χ4n) is 5.03. The molecule has 6 heteroatoms. The van der Waals surface area contributed by atoms with E-state index in [4.69, 9.17) is 22.6 Å². The summed E-state index contributed by atoms with van der Waals surface area (Å²) in [5, 5.41) is 9.98. The number of aromatic amines is 1. The first-order chi connectivity index (χ1) is 22.7. The van der Waals surface area contributed by atoms with Gasteiger partial charge in [0, 0.05) is 79.1 Å². The van der Waals surface area contributed by atoms with Crippen LogP contribution in [0.25, 0.3) is 10.9 Å². The number of morpholine rings is 1. The van der Waals surface area contributed by atoms with E-state index in [0.717, 1.165) is 0 Å². The van der Waals surface area contributed by atoms with E-state index < -0.39 is 69.2 Å². The molecule has 1 aliphatic carbocycles. The zero-order valence-corrected chi connectivity index (χ0v) is 19.9. The lowest BCUT2D eigenvalue weighted by Gasteiger charge is -2.42. The molecule has 0 amide bonds. The predicted molar refractivity (Wildman–Crippen MR) is 142 cm³/mol. The Balaban J connectivity index is 1.58. The van der Waals surface area contributed by atoms with Crippen molar-refractivity contribution in [2.24, 2.45) is 0 Å². The van der Waals surface area contributed by atoms with Crippen molar-refractivity contribution in [3.8, 4) is 6.07 Å². The second-order valence-corrected chi connectivity index (χ2v) is 9.38. The first-order valence-corrected chi connectivity index (χ1v) is 11.6. The molecule has 0 saturated carbocycles. The molecule has 6 rings (SSSR count). The number of carbonyl (C=O) groups is 1. The lowest BCUT2D eigenvalue weighted by Crippen LogP contribution is -2.49. The number of fused-ring (bicyclic) bond motifs is 4. The van der Waals surface area contributed by atoms with Gasteiger partial charge in [-0.2, -0.15) is 5.26 Å². The molecule has 2 saturated heterocycles. The van der Waals surface area contributed by atoms with Crippen LogP contribution >= 0.6 is 0 Å². The van der Waals surface area contributed by atoms with Crippen LogP contribution in [0.3, 0.4) is 0 Å². The van der Waals surface area contributed by atoms with Crippen LogP contribution in [0.5, 0.6) is 0 Å². The largest absolute Gasteiger partial charge is 0.379 e. The van der Waals surface area contributed by atoms with Crippen molar-refractivity contribution in [2.45, 2.75) is 51.3 Å². The topological polar surface area (TPSA) is 72.4 Å². The highest BCUT2D eigenvalue weighted by Gasteiger charge is 2.40. The van der Waals surface area contributed by atoms with Gasteiger partial charge in [0.25, 0.3) is 0 Å². The molecule has 2 aromatic carbocycles. The van der Waals surface area contributed by atoms with Crippen LogP contribution in [-0.4, -0.2) is 60.9 Å². The Hall–Kier alpha value is -3.14. The average molecular weight is 497 g/mol. The minimum absolute atomic E-state index is 0.0498. The summed E-state index contributed by atoms with van der Waals surface area (Å²) in [5.41, 5.74) is 0.746. The van der Waals surface area contributed by atoms with Crippen molar-refractivity contribution < 1.29 is 28.7 Å². The summed E-state index contributed by atoms with van der Waals surface area (Å²) in [6.45, 7) is -11.8. The van der Waals surface area contributed by atoms with Crippen LogP contribution in [0.4, 0.5) is 5.69 Å². The van der Waals surface area contributed by atoms with Gasteiger partial charge < -0.3 is 14.6 Å². The van der Waals surface area contributed by atoms with E-state index in [1.165, 1.54) is 12.1 Å². The van der Waals surface area contributed by atoms with Crippen LogP contribution in [0, 0.1) is 11.3 Å². The number of aryl methyl sites for hydroxylation is 1. The number of H-pyrrole nitrogens is 1. The maximum atomic E-state index is 14.2. The third-order valence-corrected chi connectivity index (χ3v) is 6.97. The fraction of sp³-hybridized carbons (Fsp3) is 0.467. The van der Waals surface area contributed by atoms with Crippen LogP contribution in [-0.2, 0) is 16.6 Å². The fourth-order valence-corrected chi connectivity index (χ4v) is 5.03. The Morgan fingerprint density at radius 2 is 2.03 bits per heavy atom. The average Bonchev–Trinajstić information content (AvgIpc) is 3.37. The van der Waals surface area contributed by atoms with E-state index in [1.54, 1.807) is 32.0 Å². The van der Waals surface area contributed by atoms with Crippen LogP contribution < -0.4 is 4.90 Å². The summed E-state index contributed by atoms with van der Waals surface area (Å²) in [4.78, 5) is 18.1. The molecule has 0 spiro atoms. The number of anilines is 1. The van der Waals surface area contributed by atoms with Gasteiger partial charge in [-0.15, -0.1) is 0 Å². The number of hydrogen-bond acceptors (Lipinski definition) is 5. The minimum Gasteiger partial charge on any atom is -0.379 e. The van der Waals surface area contributed by atoms with E-state index in [9.17, 15) is 11.4 Å². The minimum atomic E-state index is -3.69. The zero-order chi connectivity index (χ0) is 37.4. The highest BCUT2D eigenvalue weighted by atomic mass is 16.5. The lowest BCUT2D eigenvalue weighted by atomic mass is 9.70. The second kappa shape index (κ2) is 8.76. The number of hydrogen-bond donors (Lipinski definition) is 1. The normalized spacial score (nSPS) is 35.2. The van der Waals surface area contributed by atoms with E-state index in [0.29, 0.717) is 32.6 Å². The van der Waals surface area contributed by atoms with Crippen molar-refractivity contribution in [2.75, 3.05) is 44.1 Å². The third kappa shape index (κ3) is 3.56. The number of aromatic nitrogens is 1.